The molecule has 2 amide bonds. The maximum atomic E-state index is 12.8. The fraction of sp³-hybridized carbons (Fsp3) is 0.333. The minimum absolute atomic E-state index is 0.00881. The Bertz CT molecular complexity index is 745. The molecule has 0 spiro atoms. The van der Waals surface area contributed by atoms with Gasteiger partial charge in [-0.3, -0.25) is 9.59 Å². The second-order valence-electron chi connectivity index (χ2n) is 5.97. The Hall–Kier alpha value is -1.85. The average Bonchev–Trinajstić information content (AvgIpc) is 3.11. The van der Waals surface area contributed by atoms with Crippen molar-refractivity contribution in [3.05, 3.63) is 51.2 Å². The van der Waals surface area contributed by atoms with E-state index in [9.17, 15) is 9.59 Å². The second-order valence-corrected chi connectivity index (χ2v) is 7.32. The summed E-state index contributed by atoms with van der Waals surface area (Å²) in [5.74, 6) is -0.228. The molecule has 6 heteroatoms. The monoisotopic (exact) mass is 362 g/mol. The molecule has 1 aliphatic rings. The van der Waals surface area contributed by atoms with Gasteiger partial charge >= 0.3 is 0 Å². The lowest BCUT2D eigenvalue weighted by atomic mass is 10.0. The summed E-state index contributed by atoms with van der Waals surface area (Å²) in [7, 11) is 0. The van der Waals surface area contributed by atoms with Crippen LogP contribution in [0.1, 0.15) is 46.2 Å². The van der Waals surface area contributed by atoms with Gasteiger partial charge < -0.3 is 10.2 Å². The van der Waals surface area contributed by atoms with E-state index in [0.29, 0.717) is 21.2 Å². The lowest BCUT2D eigenvalue weighted by molar-refractivity contribution is 0.0635. The number of nitrogens with zero attached hydrogens (tertiary/aromatic N) is 1. The normalized spacial score (nSPS) is 17.6. The molecule has 126 valence electrons. The molecule has 1 aliphatic heterocycles. The summed E-state index contributed by atoms with van der Waals surface area (Å²) in [6, 6.07) is 8.85. The number of hydrogen-bond acceptors (Lipinski definition) is 3. The highest BCUT2D eigenvalue weighted by atomic mass is 35.5. The number of piperidine rings is 1. The topological polar surface area (TPSA) is 49.4 Å². The van der Waals surface area contributed by atoms with Crippen molar-refractivity contribution < 1.29 is 9.59 Å². The van der Waals surface area contributed by atoms with Gasteiger partial charge in [0.2, 0.25) is 0 Å². The largest absolute Gasteiger partial charge is 0.336 e. The summed E-state index contributed by atoms with van der Waals surface area (Å²) in [6.07, 6.45) is 3.22. The molecule has 1 aromatic heterocycles. The van der Waals surface area contributed by atoms with Gasteiger partial charge in [-0.05, 0) is 55.8 Å². The number of halogens is 1. The minimum Gasteiger partial charge on any atom is -0.336 e. The van der Waals surface area contributed by atoms with Gasteiger partial charge in [0.1, 0.15) is 0 Å². The molecular formula is C18H19ClN2O2S. The van der Waals surface area contributed by atoms with E-state index in [0.717, 1.165) is 25.8 Å². The maximum Gasteiger partial charge on any atom is 0.265 e. The van der Waals surface area contributed by atoms with E-state index in [2.05, 4.69) is 12.2 Å². The van der Waals surface area contributed by atoms with Gasteiger partial charge in [0.25, 0.3) is 11.8 Å². The first kappa shape index (κ1) is 17.0. The third-order valence-electron chi connectivity index (χ3n) is 4.27. The predicted molar refractivity (Wildman–Crippen MR) is 98.1 cm³/mol. The molecule has 1 aromatic carbocycles. The highest BCUT2D eigenvalue weighted by Crippen LogP contribution is 2.26. The van der Waals surface area contributed by atoms with E-state index >= 15 is 0 Å². The van der Waals surface area contributed by atoms with Crippen molar-refractivity contribution in [3.63, 3.8) is 0 Å². The summed E-state index contributed by atoms with van der Waals surface area (Å²) in [5.41, 5.74) is 1.01. The van der Waals surface area contributed by atoms with Gasteiger partial charge in [-0.2, -0.15) is 0 Å². The third-order valence-corrected chi connectivity index (χ3v) is 5.47. The van der Waals surface area contributed by atoms with Gasteiger partial charge in [-0.15, -0.1) is 11.3 Å². The predicted octanol–water partition coefficient (Wildman–Crippen LogP) is 4.67. The number of carbonyl (C=O) groups excluding carboxylic acids is 2. The van der Waals surface area contributed by atoms with E-state index in [1.165, 1.54) is 11.3 Å². The van der Waals surface area contributed by atoms with Crippen molar-refractivity contribution >= 4 is 40.4 Å². The molecule has 0 bridgehead atoms. The molecule has 2 heterocycles. The van der Waals surface area contributed by atoms with Crippen LogP contribution < -0.4 is 5.32 Å². The van der Waals surface area contributed by atoms with E-state index in [4.69, 9.17) is 11.6 Å². The Balaban J connectivity index is 1.80. The zero-order chi connectivity index (χ0) is 17.1. The fourth-order valence-corrected chi connectivity index (χ4v) is 3.70. The summed E-state index contributed by atoms with van der Waals surface area (Å²) >= 11 is 7.54. The van der Waals surface area contributed by atoms with Crippen molar-refractivity contribution in [3.8, 4) is 0 Å². The van der Waals surface area contributed by atoms with Crippen LogP contribution in [0.4, 0.5) is 5.69 Å². The van der Waals surface area contributed by atoms with Crippen LogP contribution in [0, 0.1) is 0 Å². The lowest BCUT2D eigenvalue weighted by Crippen LogP contribution is -2.42. The smallest absolute Gasteiger partial charge is 0.265 e. The summed E-state index contributed by atoms with van der Waals surface area (Å²) < 4.78 is 0. The molecule has 0 radical (unpaired) electrons. The van der Waals surface area contributed by atoms with Crippen molar-refractivity contribution in [2.75, 3.05) is 11.9 Å². The molecule has 0 aliphatic carbocycles. The molecular weight excluding hydrogens is 344 g/mol. The first-order valence-corrected chi connectivity index (χ1v) is 9.27. The molecule has 1 unspecified atom stereocenters. The van der Waals surface area contributed by atoms with Crippen molar-refractivity contribution in [2.45, 2.75) is 32.2 Å². The Labute approximate surface area is 150 Å². The van der Waals surface area contributed by atoms with E-state index in [1.807, 2.05) is 16.3 Å². The van der Waals surface area contributed by atoms with E-state index in [-0.39, 0.29) is 17.9 Å². The van der Waals surface area contributed by atoms with Gasteiger partial charge in [0.05, 0.1) is 15.6 Å². The molecule has 4 nitrogen and oxygen atoms in total. The van der Waals surface area contributed by atoms with Crippen molar-refractivity contribution in [1.29, 1.82) is 0 Å². The highest BCUT2D eigenvalue weighted by molar-refractivity contribution is 7.12. The van der Waals surface area contributed by atoms with Crippen LogP contribution in [0.3, 0.4) is 0 Å². The van der Waals surface area contributed by atoms with Crippen LogP contribution >= 0.6 is 22.9 Å². The maximum absolute atomic E-state index is 12.8. The molecule has 2 aromatic rings. The number of thiophene rings is 1. The Morgan fingerprint density at radius 1 is 1.29 bits per heavy atom. The zero-order valence-corrected chi connectivity index (χ0v) is 15.0. The molecule has 1 fully saturated rings. The summed E-state index contributed by atoms with van der Waals surface area (Å²) in [4.78, 5) is 27.5. The van der Waals surface area contributed by atoms with E-state index in [1.54, 1.807) is 24.3 Å². The molecule has 3 rings (SSSR count). The number of amides is 2. The van der Waals surface area contributed by atoms with Gasteiger partial charge in [0.15, 0.2) is 0 Å². The quantitative estimate of drug-likeness (QED) is 0.862. The highest BCUT2D eigenvalue weighted by Gasteiger charge is 2.24. The van der Waals surface area contributed by atoms with Crippen molar-refractivity contribution in [1.82, 2.24) is 4.90 Å². The van der Waals surface area contributed by atoms with Crippen LogP contribution in [-0.4, -0.2) is 29.3 Å². The summed E-state index contributed by atoms with van der Waals surface area (Å²) in [6.45, 7) is 2.85. The Morgan fingerprint density at radius 3 is 2.83 bits per heavy atom. The van der Waals surface area contributed by atoms with Crippen molar-refractivity contribution in [2.24, 2.45) is 0 Å². The van der Waals surface area contributed by atoms with Crippen LogP contribution in [-0.2, 0) is 0 Å². The first-order valence-electron chi connectivity index (χ1n) is 8.01. The molecule has 1 atom stereocenters. The van der Waals surface area contributed by atoms with Crippen LogP contribution in [0.25, 0.3) is 0 Å². The number of nitrogens with one attached hydrogen (secondary N) is 1. The van der Waals surface area contributed by atoms with E-state index < -0.39 is 0 Å². The first-order chi connectivity index (χ1) is 11.6. The molecule has 24 heavy (non-hydrogen) atoms. The number of carbonyl (C=O) groups is 2. The van der Waals surface area contributed by atoms with Crippen LogP contribution in [0.5, 0.6) is 0 Å². The minimum atomic E-state index is -0.220. The Kier molecular flexibility index (Phi) is 5.21. The number of rotatable bonds is 3. The van der Waals surface area contributed by atoms with Crippen LogP contribution in [0.2, 0.25) is 5.02 Å². The number of hydrogen-bond donors (Lipinski definition) is 1. The standard InChI is InChI=1S/C18H19ClN2O2S/c1-12-5-2-3-9-21(12)18(23)13-7-8-14(19)15(11-13)20-17(22)16-6-4-10-24-16/h4,6-8,10-12H,2-3,5,9H2,1H3,(H,20,22). The number of likely N-dealkylation sites (tertiary alicyclic amines) is 1. The van der Waals surface area contributed by atoms with Gasteiger partial charge in [0, 0.05) is 18.2 Å². The lowest BCUT2D eigenvalue weighted by Gasteiger charge is -2.33. The third kappa shape index (κ3) is 3.62. The SMILES string of the molecule is CC1CCCCN1C(=O)c1ccc(Cl)c(NC(=O)c2cccs2)c1. The zero-order valence-electron chi connectivity index (χ0n) is 13.4. The number of anilines is 1. The number of benzene rings is 1. The average molecular weight is 363 g/mol. The molecule has 1 saturated heterocycles. The van der Waals surface area contributed by atoms with Gasteiger partial charge in [-0.25, -0.2) is 0 Å². The Morgan fingerprint density at radius 2 is 2.12 bits per heavy atom. The molecule has 1 N–H and O–H groups in total. The fourth-order valence-electron chi connectivity index (χ4n) is 2.91. The van der Waals surface area contributed by atoms with Crippen LogP contribution in [0.15, 0.2) is 35.7 Å². The summed E-state index contributed by atoms with van der Waals surface area (Å²) in [5, 5.41) is 5.05. The second kappa shape index (κ2) is 7.36. The van der Waals surface area contributed by atoms with Gasteiger partial charge in [-0.1, -0.05) is 17.7 Å². The molecule has 0 saturated carbocycles.